The molecule has 0 heterocycles. The molecule has 0 aliphatic heterocycles. The minimum Gasteiger partial charge on any atom is -0.488 e. The second kappa shape index (κ2) is 5.71. The summed E-state index contributed by atoms with van der Waals surface area (Å²) in [6.07, 6.45) is 2.90. The molecule has 0 aromatic heterocycles. The fourth-order valence-corrected chi connectivity index (χ4v) is 1.35. The Morgan fingerprint density at radius 3 is 2.79 bits per heavy atom. The van der Waals surface area contributed by atoms with Crippen molar-refractivity contribution in [3.8, 4) is 5.75 Å². The van der Waals surface area contributed by atoms with Crippen molar-refractivity contribution >= 4 is 11.6 Å². The molecule has 0 saturated carbocycles. The lowest BCUT2D eigenvalue weighted by molar-refractivity contribution is 0.356. The maximum atomic E-state index is 5.92. The molecule has 0 N–H and O–H groups in total. The molecule has 1 aromatic rings. The molecule has 0 spiro atoms. The van der Waals surface area contributed by atoms with Gasteiger partial charge in [-0.1, -0.05) is 42.8 Å². The van der Waals surface area contributed by atoms with Crippen LogP contribution in [0.25, 0.3) is 0 Å². The van der Waals surface area contributed by atoms with Gasteiger partial charge in [0.25, 0.3) is 0 Å². The summed E-state index contributed by atoms with van der Waals surface area (Å²) in [5.41, 5.74) is 1.13. The molecule has 1 rings (SSSR count). The Kier molecular flexibility index (Phi) is 4.54. The number of hydrogen-bond donors (Lipinski definition) is 0. The minimum absolute atomic E-state index is 0.459. The standard InChI is InChI=1S/C12H15ClO/c1-3-6-11(13)9-14-12-8-5-4-7-10(12)2/h4-8H,3,9H2,1-2H3. The molecule has 1 aromatic carbocycles. The number of allylic oxidation sites excluding steroid dienone is 1. The van der Waals surface area contributed by atoms with Crippen molar-refractivity contribution in [3.63, 3.8) is 0 Å². The van der Waals surface area contributed by atoms with Gasteiger partial charge in [-0.3, -0.25) is 0 Å². The monoisotopic (exact) mass is 210 g/mol. The van der Waals surface area contributed by atoms with E-state index in [1.165, 1.54) is 0 Å². The van der Waals surface area contributed by atoms with Crippen LogP contribution in [0.5, 0.6) is 5.75 Å². The van der Waals surface area contributed by atoms with Crippen LogP contribution in [-0.2, 0) is 0 Å². The molecule has 0 atom stereocenters. The first-order valence-corrected chi connectivity index (χ1v) is 5.14. The molecule has 0 radical (unpaired) electrons. The largest absolute Gasteiger partial charge is 0.488 e. The molecular weight excluding hydrogens is 196 g/mol. The van der Waals surface area contributed by atoms with Gasteiger partial charge in [-0.25, -0.2) is 0 Å². The lowest BCUT2D eigenvalue weighted by atomic mass is 10.2. The Morgan fingerprint density at radius 1 is 1.43 bits per heavy atom. The smallest absolute Gasteiger partial charge is 0.123 e. The fraction of sp³-hybridized carbons (Fsp3) is 0.333. The first-order chi connectivity index (χ1) is 6.74. The van der Waals surface area contributed by atoms with Crippen LogP contribution in [0.4, 0.5) is 0 Å². The Morgan fingerprint density at radius 2 is 2.14 bits per heavy atom. The third-order valence-corrected chi connectivity index (χ3v) is 2.15. The Hall–Kier alpha value is -0.950. The van der Waals surface area contributed by atoms with Crippen LogP contribution in [0.2, 0.25) is 0 Å². The van der Waals surface area contributed by atoms with E-state index in [0.29, 0.717) is 6.61 Å². The zero-order valence-corrected chi connectivity index (χ0v) is 9.34. The summed E-state index contributed by atoms with van der Waals surface area (Å²) >= 11 is 5.92. The van der Waals surface area contributed by atoms with Gasteiger partial charge < -0.3 is 4.74 Å². The van der Waals surface area contributed by atoms with E-state index in [2.05, 4.69) is 6.92 Å². The van der Waals surface area contributed by atoms with Crippen LogP contribution in [0, 0.1) is 6.92 Å². The molecule has 0 fully saturated rings. The zero-order chi connectivity index (χ0) is 10.4. The highest BCUT2D eigenvalue weighted by Crippen LogP contribution is 2.17. The van der Waals surface area contributed by atoms with Crippen LogP contribution in [0.3, 0.4) is 0 Å². The van der Waals surface area contributed by atoms with E-state index in [9.17, 15) is 0 Å². The molecule has 0 unspecified atom stereocenters. The van der Waals surface area contributed by atoms with Gasteiger partial charge in [0, 0.05) is 0 Å². The van der Waals surface area contributed by atoms with Gasteiger partial charge in [0.1, 0.15) is 12.4 Å². The minimum atomic E-state index is 0.459. The summed E-state index contributed by atoms with van der Waals surface area (Å²) in [5, 5.41) is 0.760. The normalized spacial score (nSPS) is 11.5. The first kappa shape index (κ1) is 11.1. The molecule has 0 saturated heterocycles. The van der Waals surface area contributed by atoms with Crippen LogP contribution in [0.1, 0.15) is 18.9 Å². The van der Waals surface area contributed by atoms with E-state index < -0.39 is 0 Å². The Bertz CT molecular complexity index is 318. The number of benzene rings is 1. The lowest BCUT2D eigenvalue weighted by Crippen LogP contribution is -1.98. The molecule has 1 nitrogen and oxygen atoms in total. The Labute approximate surface area is 90.3 Å². The second-order valence-corrected chi connectivity index (χ2v) is 3.60. The molecule has 14 heavy (non-hydrogen) atoms. The molecular formula is C12H15ClO. The second-order valence-electron chi connectivity index (χ2n) is 3.11. The maximum Gasteiger partial charge on any atom is 0.123 e. The van der Waals surface area contributed by atoms with E-state index in [0.717, 1.165) is 22.8 Å². The summed E-state index contributed by atoms with van der Waals surface area (Å²) in [6.45, 7) is 4.53. The summed E-state index contributed by atoms with van der Waals surface area (Å²) < 4.78 is 5.55. The molecule has 0 aliphatic carbocycles. The van der Waals surface area contributed by atoms with Gasteiger partial charge in [-0.05, 0) is 25.0 Å². The van der Waals surface area contributed by atoms with Crippen molar-refractivity contribution in [1.29, 1.82) is 0 Å². The SMILES string of the molecule is CCC=C(Cl)COc1ccccc1C. The van der Waals surface area contributed by atoms with E-state index >= 15 is 0 Å². The van der Waals surface area contributed by atoms with Crippen LogP contribution >= 0.6 is 11.6 Å². The Balaban J connectivity index is 2.54. The van der Waals surface area contributed by atoms with Crippen molar-refractivity contribution < 1.29 is 4.74 Å². The van der Waals surface area contributed by atoms with E-state index in [4.69, 9.17) is 16.3 Å². The highest BCUT2D eigenvalue weighted by Gasteiger charge is 1.98. The van der Waals surface area contributed by atoms with E-state index in [1.807, 2.05) is 37.3 Å². The van der Waals surface area contributed by atoms with Crippen LogP contribution in [-0.4, -0.2) is 6.61 Å². The highest BCUT2D eigenvalue weighted by molar-refractivity contribution is 6.29. The zero-order valence-electron chi connectivity index (χ0n) is 8.59. The average molecular weight is 211 g/mol. The number of para-hydroxylation sites is 1. The quantitative estimate of drug-likeness (QED) is 0.732. The molecule has 2 heteroatoms. The van der Waals surface area contributed by atoms with Crippen molar-refractivity contribution in [2.24, 2.45) is 0 Å². The van der Waals surface area contributed by atoms with Gasteiger partial charge in [-0.15, -0.1) is 0 Å². The number of hydrogen-bond acceptors (Lipinski definition) is 1. The van der Waals surface area contributed by atoms with E-state index in [-0.39, 0.29) is 0 Å². The first-order valence-electron chi connectivity index (χ1n) is 4.77. The van der Waals surface area contributed by atoms with Crippen molar-refractivity contribution in [2.75, 3.05) is 6.61 Å². The number of halogens is 1. The van der Waals surface area contributed by atoms with Gasteiger partial charge in [0.2, 0.25) is 0 Å². The number of aryl methyl sites for hydroxylation is 1. The molecule has 76 valence electrons. The highest BCUT2D eigenvalue weighted by atomic mass is 35.5. The topological polar surface area (TPSA) is 9.23 Å². The fourth-order valence-electron chi connectivity index (χ4n) is 1.15. The van der Waals surface area contributed by atoms with Gasteiger partial charge in [-0.2, -0.15) is 0 Å². The molecule has 0 bridgehead atoms. The van der Waals surface area contributed by atoms with Crippen LogP contribution < -0.4 is 4.74 Å². The predicted octanol–water partition coefficient (Wildman–Crippen LogP) is 3.91. The summed E-state index contributed by atoms with van der Waals surface area (Å²) in [5.74, 6) is 0.898. The van der Waals surface area contributed by atoms with E-state index in [1.54, 1.807) is 0 Å². The number of ether oxygens (including phenoxy) is 1. The van der Waals surface area contributed by atoms with Crippen molar-refractivity contribution in [2.45, 2.75) is 20.3 Å². The lowest BCUT2D eigenvalue weighted by Gasteiger charge is -2.07. The third-order valence-electron chi connectivity index (χ3n) is 1.88. The summed E-state index contributed by atoms with van der Waals surface area (Å²) in [6, 6.07) is 7.92. The average Bonchev–Trinajstić information content (AvgIpc) is 2.17. The third kappa shape index (κ3) is 3.43. The van der Waals surface area contributed by atoms with Crippen molar-refractivity contribution in [1.82, 2.24) is 0 Å². The molecule has 0 aliphatic rings. The van der Waals surface area contributed by atoms with Gasteiger partial charge in [0.05, 0.1) is 5.03 Å². The van der Waals surface area contributed by atoms with Gasteiger partial charge >= 0.3 is 0 Å². The molecule has 0 amide bonds. The van der Waals surface area contributed by atoms with Crippen LogP contribution in [0.15, 0.2) is 35.4 Å². The summed E-state index contributed by atoms with van der Waals surface area (Å²) in [4.78, 5) is 0. The summed E-state index contributed by atoms with van der Waals surface area (Å²) in [7, 11) is 0. The van der Waals surface area contributed by atoms with Gasteiger partial charge in [0.15, 0.2) is 0 Å². The number of rotatable bonds is 4. The maximum absolute atomic E-state index is 5.92. The predicted molar refractivity (Wildman–Crippen MR) is 60.9 cm³/mol. The van der Waals surface area contributed by atoms with Crippen molar-refractivity contribution in [3.05, 3.63) is 40.9 Å².